The SMILES string of the molecule is CC(C)(C)C(NC(=O)CC1CCCN1)c1ccc(F)cc1. The molecule has 21 heavy (non-hydrogen) atoms. The van der Waals surface area contributed by atoms with Crippen molar-refractivity contribution in [3.8, 4) is 0 Å². The van der Waals surface area contributed by atoms with E-state index in [1.165, 1.54) is 12.1 Å². The lowest BCUT2D eigenvalue weighted by Gasteiger charge is -2.32. The smallest absolute Gasteiger partial charge is 0.222 e. The van der Waals surface area contributed by atoms with Crippen LogP contribution in [0.5, 0.6) is 0 Å². The molecule has 3 nitrogen and oxygen atoms in total. The van der Waals surface area contributed by atoms with Gasteiger partial charge in [-0.25, -0.2) is 4.39 Å². The van der Waals surface area contributed by atoms with Crippen LogP contribution in [0.2, 0.25) is 0 Å². The van der Waals surface area contributed by atoms with E-state index < -0.39 is 0 Å². The molecule has 0 bridgehead atoms. The van der Waals surface area contributed by atoms with Crippen molar-refractivity contribution < 1.29 is 9.18 Å². The molecule has 1 fully saturated rings. The molecule has 2 atom stereocenters. The van der Waals surface area contributed by atoms with Gasteiger partial charge in [0.05, 0.1) is 6.04 Å². The second kappa shape index (κ2) is 6.56. The normalized spacial score (nSPS) is 20.3. The van der Waals surface area contributed by atoms with E-state index in [0.717, 1.165) is 24.9 Å². The third kappa shape index (κ3) is 4.53. The van der Waals surface area contributed by atoms with E-state index in [0.29, 0.717) is 12.5 Å². The molecule has 2 unspecified atom stereocenters. The van der Waals surface area contributed by atoms with Crippen molar-refractivity contribution in [2.24, 2.45) is 5.41 Å². The fourth-order valence-electron chi connectivity index (χ4n) is 2.83. The average molecular weight is 292 g/mol. The molecule has 0 radical (unpaired) electrons. The van der Waals surface area contributed by atoms with E-state index in [-0.39, 0.29) is 23.2 Å². The van der Waals surface area contributed by atoms with Gasteiger partial charge in [0, 0.05) is 12.5 Å². The minimum absolute atomic E-state index is 0.0543. The number of hydrogen-bond acceptors (Lipinski definition) is 2. The van der Waals surface area contributed by atoms with Crippen LogP contribution in [-0.2, 0) is 4.79 Å². The van der Waals surface area contributed by atoms with Crippen molar-refractivity contribution in [1.82, 2.24) is 10.6 Å². The molecule has 1 heterocycles. The van der Waals surface area contributed by atoms with Gasteiger partial charge >= 0.3 is 0 Å². The van der Waals surface area contributed by atoms with Gasteiger partial charge in [0.15, 0.2) is 0 Å². The molecule has 2 rings (SSSR count). The summed E-state index contributed by atoms with van der Waals surface area (Å²) in [4.78, 5) is 12.3. The van der Waals surface area contributed by atoms with Gasteiger partial charge in [0.2, 0.25) is 5.91 Å². The van der Waals surface area contributed by atoms with Gasteiger partial charge in [-0.1, -0.05) is 32.9 Å². The molecule has 0 spiro atoms. The lowest BCUT2D eigenvalue weighted by Crippen LogP contribution is -2.39. The lowest BCUT2D eigenvalue weighted by molar-refractivity contribution is -0.123. The molecule has 1 saturated heterocycles. The van der Waals surface area contributed by atoms with Gasteiger partial charge in [0.25, 0.3) is 0 Å². The molecule has 4 heteroatoms. The van der Waals surface area contributed by atoms with Crippen molar-refractivity contribution in [2.75, 3.05) is 6.54 Å². The zero-order valence-electron chi connectivity index (χ0n) is 13.1. The zero-order chi connectivity index (χ0) is 15.5. The first-order chi connectivity index (χ1) is 9.86. The van der Waals surface area contributed by atoms with Gasteiger partial charge in [-0.2, -0.15) is 0 Å². The summed E-state index contributed by atoms with van der Waals surface area (Å²) in [5, 5.41) is 6.45. The Hall–Kier alpha value is -1.42. The van der Waals surface area contributed by atoms with Crippen LogP contribution in [0.3, 0.4) is 0 Å². The Morgan fingerprint density at radius 2 is 2.05 bits per heavy atom. The van der Waals surface area contributed by atoms with E-state index in [1.807, 2.05) is 0 Å². The Morgan fingerprint density at radius 1 is 1.38 bits per heavy atom. The summed E-state index contributed by atoms with van der Waals surface area (Å²) >= 11 is 0. The maximum Gasteiger partial charge on any atom is 0.222 e. The highest BCUT2D eigenvalue weighted by Crippen LogP contribution is 2.33. The van der Waals surface area contributed by atoms with Crippen LogP contribution in [-0.4, -0.2) is 18.5 Å². The Bertz CT molecular complexity index is 473. The Morgan fingerprint density at radius 3 is 2.57 bits per heavy atom. The van der Waals surface area contributed by atoms with E-state index >= 15 is 0 Å². The summed E-state index contributed by atoms with van der Waals surface area (Å²) in [6, 6.07) is 6.56. The first-order valence-corrected chi connectivity index (χ1v) is 7.64. The highest BCUT2D eigenvalue weighted by molar-refractivity contribution is 5.77. The van der Waals surface area contributed by atoms with Crippen molar-refractivity contribution in [2.45, 2.75) is 52.1 Å². The summed E-state index contributed by atoms with van der Waals surface area (Å²) < 4.78 is 13.1. The quantitative estimate of drug-likeness (QED) is 0.895. The van der Waals surface area contributed by atoms with Crippen LogP contribution >= 0.6 is 0 Å². The van der Waals surface area contributed by atoms with E-state index in [2.05, 4.69) is 31.4 Å². The monoisotopic (exact) mass is 292 g/mol. The number of benzene rings is 1. The summed E-state index contributed by atoms with van der Waals surface area (Å²) in [5.41, 5.74) is 0.813. The number of carbonyl (C=O) groups excluding carboxylic acids is 1. The maximum absolute atomic E-state index is 13.1. The molecule has 2 N–H and O–H groups in total. The minimum atomic E-state index is -0.257. The number of halogens is 1. The van der Waals surface area contributed by atoms with Gasteiger partial charge in [-0.05, 0) is 42.5 Å². The first-order valence-electron chi connectivity index (χ1n) is 7.64. The third-order valence-corrected chi connectivity index (χ3v) is 3.97. The molecule has 1 aromatic carbocycles. The minimum Gasteiger partial charge on any atom is -0.349 e. The number of carbonyl (C=O) groups is 1. The fraction of sp³-hybridized carbons (Fsp3) is 0.588. The van der Waals surface area contributed by atoms with Crippen molar-refractivity contribution in [1.29, 1.82) is 0 Å². The van der Waals surface area contributed by atoms with E-state index in [1.54, 1.807) is 12.1 Å². The molecule has 0 saturated carbocycles. The van der Waals surface area contributed by atoms with Crippen molar-refractivity contribution >= 4 is 5.91 Å². The van der Waals surface area contributed by atoms with Gasteiger partial charge in [-0.3, -0.25) is 4.79 Å². The van der Waals surface area contributed by atoms with Gasteiger partial charge in [0.1, 0.15) is 5.82 Å². The molecule has 1 aliphatic heterocycles. The second-order valence-electron chi connectivity index (χ2n) is 6.92. The Labute approximate surface area is 126 Å². The second-order valence-corrected chi connectivity index (χ2v) is 6.92. The van der Waals surface area contributed by atoms with Crippen LogP contribution in [0, 0.1) is 11.2 Å². The highest BCUT2D eigenvalue weighted by atomic mass is 19.1. The van der Waals surface area contributed by atoms with Crippen molar-refractivity contribution in [3.05, 3.63) is 35.6 Å². The summed E-state index contributed by atoms with van der Waals surface area (Å²) in [6.07, 6.45) is 2.70. The van der Waals surface area contributed by atoms with Crippen LogP contribution in [0.4, 0.5) is 4.39 Å². The zero-order valence-corrected chi connectivity index (χ0v) is 13.1. The van der Waals surface area contributed by atoms with Crippen LogP contribution in [0.1, 0.15) is 51.6 Å². The molecule has 0 aliphatic carbocycles. The van der Waals surface area contributed by atoms with E-state index in [9.17, 15) is 9.18 Å². The van der Waals surface area contributed by atoms with Crippen LogP contribution < -0.4 is 10.6 Å². The van der Waals surface area contributed by atoms with Crippen molar-refractivity contribution in [3.63, 3.8) is 0 Å². The molecular weight excluding hydrogens is 267 g/mol. The maximum atomic E-state index is 13.1. The molecule has 1 amide bonds. The van der Waals surface area contributed by atoms with E-state index in [4.69, 9.17) is 0 Å². The van der Waals surface area contributed by atoms with Gasteiger partial charge < -0.3 is 10.6 Å². The van der Waals surface area contributed by atoms with Crippen LogP contribution in [0.25, 0.3) is 0 Å². The lowest BCUT2D eigenvalue weighted by atomic mass is 9.82. The summed E-state index contributed by atoms with van der Waals surface area (Å²) in [5.74, 6) is -0.202. The molecule has 0 aromatic heterocycles. The Kier molecular flexibility index (Phi) is 4.99. The summed E-state index contributed by atoms with van der Waals surface area (Å²) in [7, 11) is 0. The van der Waals surface area contributed by atoms with Crippen LogP contribution in [0.15, 0.2) is 24.3 Å². The number of hydrogen-bond donors (Lipinski definition) is 2. The predicted octanol–water partition coefficient (Wildman–Crippen LogP) is 3.17. The third-order valence-electron chi connectivity index (χ3n) is 3.97. The first kappa shape index (κ1) is 16.0. The molecule has 1 aliphatic rings. The molecular formula is C17H25FN2O. The molecule has 1 aromatic rings. The van der Waals surface area contributed by atoms with Gasteiger partial charge in [-0.15, -0.1) is 0 Å². The number of amides is 1. The standard InChI is InChI=1S/C17H25FN2O/c1-17(2,3)16(12-6-8-13(18)9-7-12)20-15(21)11-14-5-4-10-19-14/h6-9,14,16,19H,4-5,10-11H2,1-3H3,(H,20,21). The molecule has 116 valence electrons. The number of rotatable bonds is 4. The Balaban J connectivity index is 2.06. The highest BCUT2D eigenvalue weighted by Gasteiger charge is 2.29. The number of nitrogens with one attached hydrogen (secondary N) is 2. The largest absolute Gasteiger partial charge is 0.349 e. The predicted molar refractivity (Wildman–Crippen MR) is 82.4 cm³/mol. The average Bonchev–Trinajstić information content (AvgIpc) is 2.89. The summed E-state index contributed by atoms with van der Waals surface area (Å²) in [6.45, 7) is 7.23. The fourth-order valence-corrected chi connectivity index (χ4v) is 2.83. The topological polar surface area (TPSA) is 41.1 Å².